The van der Waals surface area contributed by atoms with Gasteiger partial charge in [0.1, 0.15) is 0 Å². The Balaban J connectivity index is 2.13. The number of nitrogens with one attached hydrogen (secondary N) is 1. The number of hydroxylamine groups is 1. The molecule has 0 aliphatic rings. The van der Waals surface area contributed by atoms with Crippen LogP contribution in [-0.2, 0) is 18.4 Å². The van der Waals surface area contributed by atoms with Crippen molar-refractivity contribution >= 4 is 11.0 Å². The van der Waals surface area contributed by atoms with E-state index < -0.39 is 0 Å². The quantitative estimate of drug-likeness (QED) is 0.845. The molecule has 5 nitrogen and oxygen atoms in total. The van der Waals surface area contributed by atoms with Gasteiger partial charge in [0.25, 0.3) is 0 Å². The zero-order chi connectivity index (χ0) is 13.3. The second-order valence-corrected chi connectivity index (χ2v) is 5.46. The van der Waals surface area contributed by atoms with Crippen molar-refractivity contribution < 1.29 is 4.84 Å². The molecule has 0 aliphatic carbocycles. The maximum absolute atomic E-state index is 5.48. The van der Waals surface area contributed by atoms with Gasteiger partial charge < -0.3 is 0 Å². The third-order valence-electron chi connectivity index (χ3n) is 2.57. The van der Waals surface area contributed by atoms with E-state index in [1.54, 1.807) is 4.68 Å². The van der Waals surface area contributed by atoms with Gasteiger partial charge in [-0.15, -0.1) is 0 Å². The second kappa shape index (κ2) is 4.66. The van der Waals surface area contributed by atoms with Gasteiger partial charge in [-0.25, -0.2) is 4.98 Å². The van der Waals surface area contributed by atoms with Gasteiger partial charge in [0.2, 0.25) is 0 Å². The molecule has 2 rings (SSSR count). The van der Waals surface area contributed by atoms with Crippen molar-refractivity contribution in [3.05, 3.63) is 23.5 Å². The topological polar surface area (TPSA) is 52.0 Å². The Hall–Kier alpha value is -1.46. The number of hydrogen-bond donors (Lipinski definition) is 1. The van der Waals surface area contributed by atoms with Crippen molar-refractivity contribution in [2.24, 2.45) is 7.05 Å². The van der Waals surface area contributed by atoms with Crippen LogP contribution >= 0.6 is 0 Å². The second-order valence-electron chi connectivity index (χ2n) is 5.46. The first-order valence-corrected chi connectivity index (χ1v) is 6.06. The van der Waals surface area contributed by atoms with Crippen LogP contribution in [0.5, 0.6) is 0 Å². The molecule has 0 fully saturated rings. The molecule has 98 valence electrons. The summed E-state index contributed by atoms with van der Waals surface area (Å²) in [5.74, 6) is 0. The Bertz CT molecular complexity index is 554. The lowest BCUT2D eigenvalue weighted by molar-refractivity contribution is -0.0757. The van der Waals surface area contributed by atoms with Gasteiger partial charge in [-0.05, 0) is 39.3 Å². The largest absolute Gasteiger partial charge is 0.296 e. The van der Waals surface area contributed by atoms with Crippen LogP contribution < -0.4 is 5.48 Å². The van der Waals surface area contributed by atoms with Crippen molar-refractivity contribution in [1.29, 1.82) is 0 Å². The van der Waals surface area contributed by atoms with Crippen molar-refractivity contribution in [2.75, 3.05) is 0 Å². The van der Waals surface area contributed by atoms with Crippen LogP contribution in [0.15, 0.2) is 12.3 Å². The van der Waals surface area contributed by atoms with Crippen molar-refractivity contribution in [2.45, 2.75) is 39.8 Å². The Morgan fingerprint density at radius 1 is 1.39 bits per heavy atom. The first kappa shape index (κ1) is 13.0. The first-order valence-electron chi connectivity index (χ1n) is 6.06. The molecule has 0 atom stereocenters. The van der Waals surface area contributed by atoms with Gasteiger partial charge in [-0.3, -0.25) is 9.52 Å². The molecule has 18 heavy (non-hydrogen) atoms. The standard InChI is InChI=1S/C13H20N4O/c1-9-11-6-10(8-15-18-13(2,3)4)7-14-12(11)17(5)16-9/h6-7,15H,8H2,1-5H3. The lowest BCUT2D eigenvalue weighted by Gasteiger charge is -2.19. The van der Waals surface area contributed by atoms with Crippen LogP contribution in [-0.4, -0.2) is 20.4 Å². The summed E-state index contributed by atoms with van der Waals surface area (Å²) in [5.41, 5.74) is 5.77. The number of pyridine rings is 1. The Morgan fingerprint density at radius 2 is 2.11 bits per heavy atom. The summed E-state index contributed by atoms with van der Waals surface area (Å²) in [7, 11) is 1.91. The Labute approximate surface area is 107 Å². The molecule has 0 bridgehead atoms. The highest BCUT2D eigenvalue weighted by molar-refractivity contribution is 5.78. The molecule has 0 spiro atoms. The molecule has 2 aromatic rings. The summed E-state index contributed by atoms with van der Waals surface area (Å²) in [4.78, 5) is 9.90. The van der Waals surface area contributed by atoms with Crippen molar-refractivity contribution in [3.8, 4) is 0 Å². The van der Waals surface area contributed by atoms with E-state index in [0.717, 1.165) is 22.3 Å². The highest BCUT2D eigenvalue weighted by atomic mass is 16.7. The molecule has 1 N–H and O–H groups in total. The van der Waals surface area contributed by atoms with Crippen LogP contribution in [0, 0.1) is 6.92 Å². The number of aromatic nitrogens is 3. The third-order valence-corrected chi connectivity index (χ3v) is 2.57. The first-order chi connectivity index (χ1) is 8.37. The van der Waals surface area contributed by atoms with Gasteiger partial charge in [0.15, 0.2) is 5.65 Å². The zero-order valence-electron chi connectivity index (χ0n) is 11.6. The van der Waals surface area contributed by atoms with Crippen LogP contribution in [0.2, 0.25) is 0 Å². The van der Waals surface area contributed by atoms with E-state index in [9.17, 15) is 0 Å². The van der Waals surface area contributed by atoms with Crippen molar-refractivity contribution in [1.82, 2.24) is 20.2 Å². The number of fused-ring (bicyclic) bond motifs is 1. The van der Waals surface area contributed by atoms with E-state index in [1.165, 1.54) is 0 Å². The van der Waals surface area contributed by atoms with Crippen LogP contribution in [0.25, 0.3) is 11.0 Å². The fourth-order valence-corrected chi connectivity index (χ4v) is 1.78. The average Bonchev–Trinajstić information content (AvgIpc) is 2.53. The van der Waals surface area contributed by atoms with Gasteiger partial charge >= 0.3 is 0 Å². The lowest BCUT2D eigenvalue weighted by Crippen LogP contribution is -2.28. The number of hydrogen-bond acceptors (Lipinski definition) is 4. The summed E-state index contributed by atoms with van der Waals surface area (Å²) in [6.07, 6.45) is 1.85. The molecular formula is C13H20N4O. The van der Waals surface area contributed by atoms with Crippen LogP contribution in [0.1, 0.15) is 32.0 Å². The normalized spacial score (nSPS) is 12.3. The summed E-state index contributed by atoms with van der Waals surface area (Å²) >= 11 is 0. The van der Waals surface area contributed by atoms with Crippen LogP contribution in [0.4, 0.5) is 0 Å². The molecule has 0 unspecified atom stereocenters. The maximum atomic E-state index is 5.48. The Morgan fingerprint density at radius 3 is 2.78 bits per heavy atom. The fourth-order valence-electron chi connectivity index (χ4n) is 1.78. The number of nitrogens with zero attached hydrogens (tertiary/aromatic N) is 3. The molecule has 2 heterocycles. The van der Waals surface area contributed by atoms with Gasteiger partial charge in [0.05, 0.1) is 11.3 Å². The molecule has 0 aromatic carbocycles. The van der Waals surface area contributed by atoms with E-state index in [-0.39, 0.29) is 5.60 Å². The Kier molecular flexibility index (Phi) is 3.36. The smallest absolute Gasteiger partial charge is 0.157 e. The van der Waals surface area contributed by atoms with Gasteiger partial charge in [0, 0.05) is 25.2 Å². The van der Waals surface area contributed by atoms with Gasteiger partial charge in [-0.2, -0.15) is 10.6 Å². The van der Waals surface area contributed by atoms with E-state index in [4.69, 9.17) is 4.84 Å². The third kappa shape index (κ3) is 2.86. The number of aryl methyl sites for hydroxylation is 2. The molecule has 0 saturated heterocycles. The average molecular weight is 248 g/mol. The maximum Gasteiger partial charge on any atom is 0.157 e. The van der Waals surface area contributed by atoms with E-state index in [1.807, 2.05) is 40.9 Å². The highest BCUT2D eigenvalue weighted by Gasteiger charge is 2.11. The molecule has 0 radical (unpaired) electrons. The molecule has 0 amide bonds. The monoisotopic (exact) mass is 248 g/mol. The minimum Gasteiger partial charge on any atom is -0.296 e. The molecule has 0 saturated carbocycles. The van der Waals surface area contributed by atoms with E-state index in [0.29, 0.717) is 6.54 Å². The fraction of sp³-hybridized carbons (Fsp3) is 0.538. The summed E-state index contributed by atoms with van der Waals surface area (Å²) in [5, 5.41) is 5.44. The molecule has 2 aromatic heterocycles. The van der Waals surface area contributed by atoms with E-state index >= 15 is 0 Å². The molecule has 0 aliphatic heterocycles. The number of rotatable bonds is 3. The highest BCUT2D eigenvalue weighted by Crippen LogP contribution is 2.16. The minimum absolute atomic E-state index is 0.193. The molecule has 5 heteroatoms. The summed E-state index contributed by atoms with van der Waals surface area (Å²) < 4.78 is 1.80. The molecular weight excluding hydrogens is 228 g/mol. The van der Waals surface area contributed by atoms with Crippen LogP contribution in [0.3, 0.4) is 0 Å². The van der Waals surface area contributed by atoms with E-state index in [2.05, 4.69) is 21.6 Å². The zero-order valence-corrected chi connectivity index (χ0v) is 11.6. The lowest BCUT2D eigenvalue weighted by atomic mass is 10.2. The predicted molar refractivity (Wildman–Crippen MR) is 70.9 cm³/mol. The SMILES string of the molecule is Cc1nn(C)c2ncc(CNOC(C)(C)C)cc12. The summed E-state index contributed by atoms with van der Waals surface area (Å²) in [6.45, 7) is 8.65. The predicted octanol–water partition coefficient (Wildman–Crippen LogP) is 2.10. The minimum atomic E-state index is -0.193. The van der Waals surface area contributed by atoms with Gasteiger partial charge in [-0.1, -0.05) is 0 Å². The summed E-state index contributed by atoms with van der Waals surface area (Å²) in [6, 6.07) is 2.10. The van der Waals surface area contributed by atoms with Crippen molar-refractivity contribution in [3.63, 3.8) is 0 Å².